The van der Waals surface area contributed by atoms with E-state index in [1.807, 2.05) is 84.9 Å². The van der Waals surface area contributed by atoms with Crippen LogP contribution in [0.1, 0.15) is 16.1 Å². The van der Waals surface area contributed by atoms with Crippen LogP contribution in [0, 0.1) is 0 Å². The Kier molecular flexibility index (Phi) is 6.05. The number of rotatable bonds is 7. The maximum absolute atomic E-state index is 13.7. The van der Waals surface area contributed by atoms with E-state index in [4.69, 9.17) is 0 Å². The molecule has 1 fully saturated rings. The van der Waals surface area contributed by atoms with E-state index in [2.05, 4.69) is 10.3 Å². The summed E-state index contributed by atoms with van der Waals surface area (Å²) < 4.78 is 1.05. The Hall–Kier alpha value is -4.04. The summed E-state index contributed by atoms with van der Waals surface area (Å²) in [6, 6.07) is 25.9. The molecule has 0 radical (unpaired) electrons. The zero-order valence-corrected chi connectivity index (χ0v) is 20.0. The van der Waals surface area contributed by atoms with Crippen LogP contribution >= 0.6 is 11.3 Å². The van der Waals surface area contributed by atoms with E-state index >= 15 is 0 Å². The van der Waals surface area contributed by atoms with Crippen molar-refractivity contribution >= 4 is 39.4 Å². The highest BCUT2D eigenvalue weighted by molar-refractivity contribution is 7.18. The van der Waals surface area contributed by atoms with Crippen LogP contribution in [0.25, 0.3) is 10.2 Å². The molecule has 1 aromatic heterocycles. The third-order valence-corrected chi connectivity index (χ3v) is 7.21. The van der Waals surface area contributed by atoms with Gasteiger partial charge >= 0.3 is 6.03 Å². The van der Waals surface area contributed by atoms with Gasteiger partial charge < -0.3 is 10.2 Å². The quantitative estimate of drug-likeness (QED) is 0.403. The van der Waals surface area contributed by atoms with Gasteiger partial charge in [0, 0.05) is 13.5 Å². The van der Waals surface area contributed by atoms with Gasteiger partial charge in [0.1, 0.15) is 11.6 Å². The van der Waals surface area contributed by atoms with E-state index in [0.717, 1.165) is 25.7 Å². The van der Waals surface area contributed by atoms with Crippen LogP contribution in [0.3, 0.4) is 0 Å². The van der Waals surface area contributed by atoms with Crippen molar-refractivity contribution in [1.29, 1.82) is 0 Å². The van der Waals surface area contributed by atoms with Crippen molar-refractivity contribution in [3.63, 3.8) is 0 Å². The van der Waals surface area contributed by atoms with Crippen molar-refractivity contribution < 1.29 is 14.4 Å². The van der Waals surface area contributed by atoms with Crippen molar-refractivity contribution in [3.05, 3.63) is 101 Å². The standard InChI is InChI=1S/C27H24N4O3S/c1-30(17-23-28-21-14-8-9-15-22(21)35-23)24(32)18-31-25(33)27(29-26(31)34,20-12-6-3-7-13-20)16-19-10-4-2-5-11-19/h2-15H,16-18H2,1H3,(H,29,34). The fraction of sp³-hybridized carbons (Fsp3) is 0.185. The normalized spacial score (nSPS) is 17.6. The average molecular weight is 485 g/mol. The number of likely N-dealkylation sites (N-methyl/N-ethyl adjacent to an activating group) is 1. The SMILES string of the molecule is CN(Cc1nc2ccccc2s1)C(=O)CN1C(=O)NC(Cc2ccccc2)(c2ccccc2)C1=O. The summed E-state index contributed by atoms with van der Waals surface area (Å²) in [5.41, 5.74) is 1.20. The molecular weight excluding hydrogens is 460 g/mol. The molecule has 4 amide bonds. The van der Waals surface area contributed by atoms with E-state index in [1.54, 1.807) is 7.05 Å². The number of urea groups is 1. The molecule has 0 aliphatic carbocycles. The third kappa shape index (κ3) is 4.40. The van der Waals surface area contributed by atoms with Crippen LogP contribution in [0.4, 0.5) is 4.79 Å². The number of carbonyl (C=O) groups excluding carboxylic acids is 3. The fourth-order valence-corrected chi connectivity index (χ4v) is 5.37. The maximum Gasteiger partial charge on any atom is 0.325 e. The fourth-order valence-electron chi connectivity index (χ4n) is 4.35. The van der Waals surface area contributed by atoms with Gasteiger partial charge in [-0.25, -0.2) is 9.78 Å². The first-order valence-electron chi connectivity index (χ1n) is 11.3. The number of para-hydroxylation sites is 1. The van der Waals surface area contributed by atoms with Gasteiger partial charge in [0.2, 0.25) is 5.91 Å². The van der Waals surface area contributed by atoms with Gasteiger partial charge in [-0.2, -0.15) is 0 Å². The van der Waals surface area contributed by atoms with Gasteiger partial charge in [-0.15, -0.1) is 11.3 Å². The summed E-state index contributed by atoms with van der Waals surface area (Å²) in [7, 11) is 1.65. The first kappa shape index (κ1) is 22.7. The highest BCUT2D eigenvalue weighted by Gasteiger charge is 2.52. The number of imide groups is 1. The van der Waals surface area contributed by atoms with E-state index in [0.29, 0.717) is 12.1 Å². The van der Waals surface area contributed by atoms with Crippen LogP contribution in [-0.2, 0) is 28.1 Å². The second-order valence-corrected chi connectivity index (χ2v) is 9.70. The minimum absolute atomic E-state index is 0.286. The number of hydrogen-bond donors (Lipinski definition) is 1. The number of nitrogens with zero attached hydrogens (tertiary/aromatic N) is 3. The molecular formula is C27H24N4O3S. The van der Waals surface area contributed by atoms with Gasteiger partial charge in [-0.1, -0.05) is 72.8 Å². The molecule has 0 bridgehead atoms. The van der Waals surface area contributed by atoms with Gasteiger partial charge in [-0.05, 0) is 23.3 Å². The number of benzene rings is 3. The molecule has 2 heterocycles. The number of aromatic nitrogens is 1. The molecule has 1 aliphatic rings. The first-order chi connectivity index (χ1) is 17.0. The van der Waals surface area contributed by atoms with Crippen molar-refractivity contribution in [1.82, 2.24) is 20.1 Å². The number of nitrogens with one attached hydrogen (secondary N) is 1. The highest BCUT2D eigenvalue weighted by atomic mass is 32.1. The Balaban J connectivity index is 1.36. The second kappa shape index (κ2) is 9.31. The van der Waals surface area contributed by atoms with E-state index in [9.17, 15) is 14.4 Å². The predicted molar refractivity (Wildman–Crippen MR) is 135 cm³/mol. The van der Waals surface area contributed by atoms with Gasteiger partial charge in [0.15, 0.2) is 5.54 Å². The Labute approximate surface area is 207 Å². The van der Waals surface area contributed by atoms with Crippen molar-refractivity contribution in [2.24, 2.45) is 0 Å². The lowest BCUT2D eigenvalue weighted by Gasteiger charge is -2.28. The highest BCUT2D eigenvalue weighted by Crippen LogP contribution is 2.33. The number of fused-ring (bicyclic) bond motifs is 1. The summed E-state index contributed by atoms with van der Waals surface area (Å²) in [6.07, 6.45) is 0.286. The molecule has 176 valence electrons. The summed E-state index contributed by atoms with van der Waals surface area (Å²) in [5.74, 6) is -0.768. The molecule has 1 unspecified atom stereocenters. The molecule has 0 saturated carbocycles. The smallest absolute Gasteiger partial charge is 0.325 e. The Bertz CT molecular complexity index is 1360. The molecule has 1 saturated heterocycles. The predicted octanol–water partition coefficient (Wildman–Crippen LogP) is 3.94. The third-order valence-electron chi connectivity index (χ3n) is 6.18. The van der Waals surface area contributed by atoms with Crippen molar-refractivity contribution in [2.45, 2.75) is 18.5 Å². The molecule has 4 aromatic rings. The largest absolute Gasteiger partial charge is 0.337 e. The molecule has 7 nitrogen and oxygen atoms in total. The van der Waals surface area contributed by atoms with E-state index in [1.165, 1.54) is 16.2 Å². The van der Waals surface area contributed by atoms with Crippen LogP contribution in [0.2, 0.25) is 0 Å². The molecule has 1 N–H and O–H groups in total. The second-order valence-electron chi connectivity index (χ2n) is 8.58. The van der Waals surface area contributed by atoms with Crippen LogP contribution in [0.5, 0.6) is 0 Å². The molecule has 8 heteroatoms. The molecule has 5 rings (SSSR count). The lowest BCUT2D eigenvalue weighted by molar-refractivity contribution is -0.138. The zero-order chi connectivity index (χ0) is 24.4. The van der Waals surface area contributed by atoms with Crippen molar-refractivity contribution in [3.8, 4) is 0 Å². The summed E-state index contributed by atoms with van der Waals surface area (Å²) in [5, 5.41) is 3.69. The molecule has 1 atom stereocenters. The van der Waals surface area contributed by atoms with E-state index in [-0.39, 0.29) is 18.9 Å². The Morgan fingerprint density at radius 2 is 1.63 bits per heavy atom. The van der Waals surface area contributed by atoms with Crippen LogP contribution in [-0.4, -0.2) is 46.2 Å². The summed E-state index contributed by atoms with van der Waals surface area (Å²) in [6.45, 7) is -0.0366. The molecule has 35 heavy (non-hydrogen) atoms. The average Bonchev–Trinajstić information content (AvgIpc) is 3.39. The number of thiazole rings is 1. The van der Waals surface area contributed by atoms with Gasteiger partial charge in [-0.3, -0.25) is 14.5 Å². The van der Waals surface area contributed by atoms with Gasteiger partial charge in [0.25, 0.3) is 5.91 Å². The lowest BCUT2D eigenvalue weighted by Crippen LogP contribution is -2.47. The van der Waals surface area contributed by atoms with Gasteiger partial charge in [0.05, 0.1) is 16.8 Å². The van der Waals surface area contributed by atoms with Crippen LogP contribution in [0.15, 0.2) is 84.9 Å². The topological polar surface area (TPSA) is 82.6 Å². The maximum atomic E-state index is 13.7. The minimum Gasteiger partial charge on any atom is -0.337 e. The molecule has 0 spiro atoms. The van der Waals surface area contributed by atoms with E-state index < -0.39 is 17.5 Å². The number of hydrogen-bond acceptors (Lipinski definition) is 5. The Morgan fingerprint density at radius 1 is 0.971 bits per heavy atom. The van der Waals surface area contributed by atoms with Crippen LogP contribution < -0.4 is 5.32 Å². The van der Waals surface area contributed by atoms with Crippen molar-refractivity contribution in [2.75, 3.05) is 13.6 Å². The molecule has 3 aromatic carbocycles. The summed E-state index contributed by atoms with van der Waals surface area (Å²) in [4.78, 5) is 46.9. The first-order valence-corrected chi connectivity index (χ1v) is 12.1. The number of amides is 4. The zero-order valence-electron chi connectivity index (χ0n) is 19.2. The lowest BCUT2D eigenvalue weighted by atomic mass is 9.83. The monoisotopic (exact) mass is 484 g/mol. The minimum atomic E-state index is -1.27. The summed E-state index contributed by atoms with van der Waals surface area (Å²) >= 11 is 1.52. The number of carbonyl (C=O) groups is 3. The molecule has 1 aliphatic heterocycles. The Morgan fingerprint density at radius 3 is 2.34 bits per heavy atom.